The molecule has 1 rings (SSSR count). The fraction of sp³-hybridized carbons (Fsp3) is 0.500. The van der Waals surface area contributed by atoms with Crippen LogP contribution in [0.4, 0.5) is 11.4 Å². The third-order valence-corrected chi connectivity index (χ3v) is 4.47. The molecule has 1 atom stereocenters. The zero-order valence-electron chi connectivity index (χ0n) is 10.3. The SMILES string of the molecule is CCC(C)c1c(N)c(SC)cc(SC)c1N. The van der Waals surface area contributed by atoms with Crippen molar-refractivity contribution in [1.82, 2.24) is 0 Å². The summed E-state index contributed by atoms with van der Waals surface area (Å²) in [6, 6.07) is 2.09. The van der Waals surface area contributed by atoms with Crippen LogP contribution in [0.3, 0.4) is 0 Å². The van der Waals surface area contributed by atoms with E-state index in [1.165, 1.54) is 0 Å². The Morgan fingerprint density at radius 1 is 1.12 bits per heavy atom. The van der Waals surface area contributed by atoms with Gasteiger partial charge in [0.2, 0.25) is 0 Å². The fourth-order valence-electron chi connectivity index (χ4n) is 1.76. The van der Waals surface area contributed by atoms with Crippen LogP contribution in [0.15, 0.2) is 15.9 Å². The van der Waals surface area contributed by atoms with Crippen molar-refractivity contribution in [3.05, 3.63) is 11.6 Å². The molecule has 0 aromatic heterocycles. The lowest BCUT2D eigenvalue weighted by atomic mass is 9.95. The van der Waals surface area contributed by atoms with Crippen LogP contribution in [0, 0.1) is 0 Å². The quantitative estimate of drug-likeness (QED) is 0.635. The average molecular weight is 256 g/mol. The van der Waals surface area contributed by atoms with Crippen LogP contribution >= 0.6 is 23.5 Å². The lowest BCUT2D eigenvalue weighted by molar-refractivity contribution is 0.734. The van der Waals surface area contributed by atoms with Crippen LogP contribution in [-0.4, -0.2) is 12.5 Å². The van der Waals surface area contributed by atoms with Gasteiger partial charge in [-0.2, -0.15) is 0 Å². The fourth-order valence-corrected chi connectivity index (χ4v) is 2.96. The number of nitrogen functional groups attached to an aromatic ring is 2. The molecular weight excluding hydrogens is 236 g/mol. The van der Waals surface area contributed by atoms with Gasteiger partial charge in [0.25, 0.3) is 0 Å². The first-order valence-electron chi connectivity index (χ1n) is 5.36. The van der Waals surface area contributed by atoms with Crippen LogP contribution in [0.2, 0.25) is 0 Å². The number of nitrogens with two attached hydrogens (primary N) is 2. The molecule has 4 heteroatoms. The van der Waals surface area contributed by atoms with Gasteiger partial charge in [-0.25, -0.2) is 0 Å². The van der Waals surface area contributed by atoms with Gasteiger partial charge in [0.05, 0.1) is 11.4 Å². The first-order valence-corrected chi connectivity index (χ1v) is 7.81. The van der Waals surface area contributed by atoms with Crippen molar-refractivity contribution < 1.29 is 0 Å². The molecule has 0 saturated carbocycles. The highest BCUT2D eigenvalue weighted by Gasteiger charge is 2.17. The summed E-state index contributed by atoms with van der Waals surface area (Å²) in [6.45, 7) is 4.34. The molecule has 16 heavy (non-hydrogen) atoms. The Labute approximate surface area is 107 Å². The van der Waals surface area contributed by atoms with Crippen molar-refractivity contribution in [3.8, 4) is 0 Å². The predicted octanol–water partition coefficient (Wildman–Crippen LogP) is 3.81. The van der Waals surface area contributed by atoms with Gasteiger partial charge in [-0.15, -0.1) is 23.5 Å². The van der Waals surface area contributed by atoms with E-state index >= 15 is 0 Å². The van der Waals surface area contributed by atoms with Gasteiger partial charge >= 0.3 is 0 Å². The minimum absolute atomic E-state index is 0.415. The largest absolute Gasteiger partial charge is 0.398 e. The van der Waals surface area contributed by atoms with Gasteiger partial charge in [0.15, 0.2) is 0 Å². The maximum absolute atomic E-state index is 6.18. The summed E-state index contributed by atoms with van der Waals surface area (Å²) in [5.74, 6) is 0.415. The van der Waals surface area contributed by atoms with E-state index in [9.17, 15) is 0 Å². The summed E-state index contributed by atoms with van der Waals surface area (Å²) >= 11 is 3.36. The highest BCUT2D eigenvalue weighted by Crippen LogP contribution is 2.41. The molecule has 2 nitrogen and oxygen atoms in total. The maximum Gasteiger partial charge on any atom is 0.0508 e. The van der Waals surface area contributed by atoms with E-state index in [4.69, 9.17) is 11.5 Å². The number of benzene rings is 1. The average Bonchev–Trinajstić information content (AvgIpc) is 2.29. The zero-order chi connectivity index (χ0) is 12.3. The second-order valence-electron chi connectivity index (χ2n) is 3.83. The first-order chi connectivity index (χ1) is 7.56. The molecule has 0 saturated heterocycles. The molecule has 1 aromatic carbocycles. The third-order valence-electron chi connectivity index (χ3n) is 2.92. The molecule has 0 bridgehead atoms. The second-order valence-corrected chi connectivity index (χ2v) is 5.53. The van der Waals surface area contributed by atoms with Crippen LogP contribution in [0.25, 0.3) is 0 Å². The van der Waals surface area contributed by atoms with Crippen molar-refractivity contribution in [1.29, 1.82) is 0 Å². The molecule has 0 heterocycles. The highest BCUT2D eigenvalue weighted by atomic mass is 32.2. The number of hydrogen-bond acceptors (Lipinski definition) is 4. The summed E-state index contributed by atoms with van der Waals surface area (Å²) in [4.78, 5) is 2.27. The lowest BCUT2D eigenvalue weighted by Crippen LogP contribution is -2.06. The summed E-state index contributed by atoms with van der Waals surface area (Å²) in [7, 11) is 0. The van der Waals surface area contributed by atoms with Crippen LogP contribution in [0.1, 0.15) is 31.7 Å². The number of hydrogen-bond donors (Lipinski definition) is 2. The predicted molar refractivity (Wildman–Crippen MR) is 77.5 cm³/mol. The van der Waals surface area contributed by atoms with Crippen LogP contribution in [-0.2, 0) is 0 Å². The van der Waals surface area contributed by atoms with Crippen molar-refractivity contribution in [2.75, 3.05) is 24.0 Å². The Morgan fingerprint density at radius 2 is 1.56 bits per heavy atom. The summed E-state index contributed by atoms with van der Waals surface area (Å²) < 4.78 is 0. The molecular formula is C12H20N2S2. The van der Waals surface area contributed by atoms with Gasteiger partial charge in [0.1, 0.15) is 0 Å². The molecule has 0 aliphatic rings. The van der Waals surface area contributed by atoms with Crippen molar-refractivity contribution in [2.45, 2.75) is 36.0 Å². The molecule has 4 N–H and O–H groups in total. The summed E-state index contributed by atoms with van der Waals surface area (Å²) in [5, 5.41) is 0. The molecule has 1 aromatic rings. The standard InChI is InChI=1S/C12H20N2S2/c1-5-7(2)10-11(13)8(15-3)6-9(16-4)12(10)14/h6-7H,5,13-14H2,1-4H3. The molecule has 1 unspecified atom stereocenters. The number of anilines is 2. The van der Waals surface area contributed by atoms with Gasteiger partial charge in [-0.1, -0.05) is 13.8 Å². The Hall–Kier alpha value is -0.480. The molecule has 0 fully saturated rings. The van der Waals surface area contributed by atoms with E-state index < -0.39 is 0 Å². The van der Waals surface area contributed by atoms with E-state index in [-0.39, 0.29) is 0 Å². The lowest BCUT2D eigenvalue weighted by Gasteiger charge is -2.20. The highest BCUT2D eigenvalue weighted by molar-refractivity contribution is 7.99. The van der Waals surface area contributed by atoms with E-state index in [0.29, 0.717) is 5.92 Å². The Balaban J connectivity index is 3.43. The van der Waals surface area contributed by atoms with Gasteiger partial charge in [-0.05, 0) is 30.9 Å². The minimum atomic E-state index is 0.415. The zero-order valence-corrected chi connectivity index (χ0v) is 12.0. The molecule has 0 aliphatic heterocycles. The van der Waals surface area contributed by atoms with Gasteiger partial charge in [-0.3, -0.25) is 0 Å². The molecule has 90 valence electrons. The summed E-state index contributed by atoms with van der Waals surface area (Å²) in [6.07, 6.45) is 5.15. The van der Waals surface area contributed by atoms with Gasteiger partial charge in [0, 0.05) is 15.4 Å². The van der Waals surface area contributed by atoms with E-state index in [1.54, 1.807) is 23.5 Å². The molecule has 0 amide bonds. The Bertz CT molecular complexity index is 350. The number of rotatable bonds is 4. The van der Waals surface area contributed by atoms with Crippen molar-refractivity contribution >= 4 is 34.9 Å². The van der Waals surface area contributed by atoms with Crippen LogP contribution < -0.4 is 11.5 Å². The Kier molecular flexibility index (Phi) is 4.87. The summed E-state index contributed by atoms with van der Waals surface area (Å²) in [5.41, 5.74) is 15.2. The van der Waals surface area contributed by atoms with Crippen LogP contribution in [0.5, 0.6) is 0 Å². The second kappa shape index (κ2) is 5.73. The van der Waals surface area contributed by atoms with Crippen molar-refractivity contribution in [3.63, 3.8) is 0 Å². The van der Waals surface area contributed by atoms with Crippen molar-refractivity contribution in [2.24, 2.45) is 0 Å². The normalized spacial score (nSPS) is 12.8. The van der Waals surface area contributed by atoms with E-state index in [0.717, 1.165) is 33.2 Å². The maximum atomic E-state index is 6.18. The monoisotopic (exact) mass is 256 g/mol. The molecule has 0 spiro atoms. The molecule has 0 aliphatic carbocycles. The smallest absolute Gasteiger partial charge is 0.0508 e. The number of thioether (sulfide) groups is 2. The first kappa shape index (κ1) is 13.6. The van der Waals surface area contributed by atoms with E-state index in [1.807, 2.05) is 12.5 Å². The Morgan fingerprint density at radius 3 is 1.88 bits per heavy atom. The topological polar surface area (TPSA) is 52.0 Å². The van der Waals surface area contributed by atoms with Gasteiger partial charge < -0.3 is 11.5 Å². The van der Waals surface area contributed by atoms with E-state index in [2.05, 4.69) is 19.9 Å². The minimum Gasteiger partial charge on any atom is -0.398 e. The third kappa shape index (κ3) is 2.43. The molecule has 0 radical (unpaired) electrons.